The summed E-state index contributed by atoms with van der Waals surface area (Å²) in [5.74, 6) is 0.802. The average Bonchev–Trinajstić information content (AvgIpc) is 2.77. The van der Waals surface area contributed by atoms with E-state index in [1.165, 1.54) is 0 Å². The van der Waals surface area contributed by atoms with Gasteiger partial charge in [-0.2, -0.15) is 0 Å². The molecule has 5 heteroatoms. The minimum absolute atomic E-state index is 0.0571. The smallest absolute Gasteiger partial charge is 0.133 e. The summed E-state index contributed by atoms with van der Waals surface area (Å²) in [5.41, 5.74) is 7.87. The number of aromatic nitrogens is 2. The zero-order valence-corrected chi connectivity index (χ0v) is 11.3. The monoisotopic (exact) mass is 295 g/mol. The van der Waals surface area contributed by atoms with Crippen molar-refractivity contribution in [3.05, 3.63) is 40.9 Å². The van der Waals surface area contributed by atoms with Crippen molar-refractivity contribution in [2.75, 3.05) is 7.11 Å². The van der Waals surface area contributed by atoms with Gasteiger partial charge in [0.1, 0.15) is 5.75 Å². The van der Waals surface area contributed by atoms with Gasteiger partial charge >= 0.3 is 0 Å². The Hall–Kier alpha value is -1.33. The molecule has 4 nitrogen and oxygen atoms in total. The first-order valence-electron chi connectivity index (χ1n) is 5.25. The summed E-state index contributed by atoms with van der Waals surface area (Å²) in [6, 6.07) is 5.80. The minimum Gasteiger partial charge on any atom is -0.496 e. The second-order valence-corrected chi connectivity index (χ2v) is 4.65. The van der Waals surface area contributed by atoms with Gasteiger partial charge in [0.2, 0.25) is 0 Å². The number of halogens is 1. The van der Waals surface area contributed by atoms with E-state index in [9.17, 15) is 0 Å². The molecular formula is C12H14BrN3O. The average molecular weight is 296 g/mol. The Kier molecular flexibility index (Phi) is 3.49. The van der Waals surface area contributed by atoms with E-state index in [1.807, 2.05) is 29.7 Å². The number of ether oxygens (including phenoxy) is 1. The van der Waals surface area contributed by atoms with Gasteiger partial charge in [-0.1, -0.05) is 0 Å². The predicted molar refractivity (Wildman–Crippen MR) is 70.4 cm³/mol. The maximum atomic E-state index is 5.89. The Morgan fingerprint density at radius 1 is 1.47 bits per heavy atom. The molecule has 0 saturated heterocycles. The molecule has 90 valence electrons. The fraction of sp³-hybridized carbons (Fsp3) is 0.250. The van der Waals surface area contributed by atoms with E-state index in [4.69, 9.17) is 10.5 Å². The standard InChI is InChI=1S/C12H14BrN3O/c1-8(14)11-6-15-7-16(11)9-3-4-12(17-2)10(13)5-9/h3-8H,14H2,1-2H3/t8-/m0/s1. The van der Waals surface area contributed by atoms with Crippen molar-refractivity contribution in [3.63, 3.8) is 0 Å². The molecule has 0 radical (unpaired) electrons. The van der Waals surface area contributed by atoms with Crippen molar-refractivity contribution in [3.8, 4) is 11.4 Å². The Balaban J connectivity index is 2.46. The quantitative estimate of drug-likeness (QED) is 0.947. The maximum Gasteiger partial charge on any atom is 0.133 e. The largest absolute Gasteiger partial charge is 0.496 e. The summed E-state index contributed by atoms with van der Waals surface area (Å²) in [7, 11) is 1.64. The Labute approximate surface area is 109 Å². The van der Waals surface area contributed by atoms with Crippen LogP contribution in [-0.4, -0.2) is 16.7 Å². The number of imidazole rings is 1. The fourth-order valence-corrected chi connectivity index (χ4v) is 2.19. The zero-order chi connectivity index (χ0) is 12.4. The lowest BCUT2D eigenvalue weighted by Gasteiger charge is -2.12. The topological polar surface area (TPSA) is 53.1 Å². The maximum absolute atomic E-state index is 5.89. The van der Waals surface area contributed by atoms with Crippen molar-refractivity contribution >= 4 is 15.9 Å². The summed E-state index contributed by atoms with van der Waals surface area (Å²) < 4.78 is 8.07. The van der Waals surface area contributed by atoms with E-state index in [0.29, 0.717) is 0 Å². The lowest BCUT2D eigenvalue weighted by Crippen LogP contribution is -2.10. The van der Waals surface area contributed by atoms with E-state index >= 15 is 0 Å². The van der Waals surface area contributed by atoms with Crippen molar-refractivity contribution in [1.82, 2.24) is 9.55 Å². The third kappa shape index (κ3) is 2.35. The molecule has 0 bridgehead atoms. The predicted octanol–water partition coefficient (Wildman–Crippen LogP) is 2.66. The fourth-order valence-electron chi connectivity index (χ4n) is 1.66. The highest BCUT2D eigenvalue weighted by Gasteiger charge is 2.09. The first-order valence-corrected chi connectivity index (χ1v) is 6.04. The van der Waals surface area contributed by atoms with Crippen LogP contribution in [0.25, 0.3) is 5.69 Å². The summed E-state index contributed by atoms with van der Waals surface area (Å²) in [6.07, 6.45) is 3.54. The van der Waals surface area contributed by atoms with E-state index in [1.54, 1.807) is 19.6 Å². The summed E-state index contributed by atoms with van der Waals surface area (Å²) >= 11 is 3.46. The molecule has 17 heavy (non-hydrogen) atoms. The highest BCUT2D eigenvalue weighted by molar-refractivity contribution is 9.10. The van der Waals surface area contributed by atoms with Gasteiger partial charge in [-0.3, -0.25) is 0 Å². The lowest BCUT2D eigenvalue weighted by atomic mass is 10.2. The zero-order valence-electron chi connectivity index (χ0n) is 9.72. The second kappa shape index (κ2) is 4.89. The van der Waals surface area contributed by atoms with Crippen molar-refractivity contribution in [2.45, 2.75) is 13.0 Å². The first-order chi connectivity index (χ1) is 8.13. The number of rotatable bonds is 3. The van der Waals surface area contributed by atoms with Crippen LogP contribution in [0.15, 0.2) is 35.2 Å². The van der Waals surface area contributed by atoms with Gasteiger partial charge < -0.3 is 15.0 Å². The number of hydrogen-bond donors (Lipinski definition) is 1. The Morgan fingerprint density at radius 3 is 2.82 bits per heavy atom. The van der Waals surface area contributed by atoms with Crippen molar-refractivity contribution < 1.29 is 4.74 Å². The molecule has 0 spiro atoms. The second-order valence-electron chi connectivity index (χ2n) is 3.80. The van der Waals surface area contributed by atoms with Gasteiger partial charge in [0.15, 0.2) is 0 Å². The molecule has 2 aromatic rings. The van der Waals surface area contributed by atoms with Gasteiger partial charge in [0, 0.05) is 11.7 Å². The SMILES string of the molecule is COc1ccc(-n2cncc2[C@H](C)N)cc1Br. The molecule has 1 atom stereocenters. The Bertz CT molecular complexity index is 522. The normalized spacial score (nSPS) is 12.5. The van der Waals surface area contributed by atoms with Gasteiger partial charge in [-0.15, -0.1) is 0 Å². The van der Waals surface area contributed by atoms with E-state index in [2.05, 4.69) is 20.9 Å². The van der Waals surface area contributed by atoms with Crippen LogP contribution in [0.3, 0.4) is 0 Å². The summed E-state index contributed by atoms with van der Waals surface area (Å²) in [4.78, 5) is 4.13. The third-order valence-electron chi connectivity index (χ3n) is 2.55. The van der Waals surface area contributed by atoms with Crippen molar-refractivity contribution in [1.29, 1.82) is 0 Å². The highest BCUT2D eigenvalue weighted by Crippen LogP contribution is 2.28. The van der Waals surface area contributed by atoms with Crippen LogP contribution in [0.5, 0.6) is 5.75 Å². The highest BCUT2D eigenvalue weighted by atomic mass is 79.9. The molecule has 1 aromatic heterocycles. The van der Waals surface area contributed by atoms with Crippen LogP contribution < -0.4 is 10.5 Å². The van der Waals surface area contributed by atoms with E-state index in [0.717, 1.165) is 21.6 Å². The van der Waals surface area contributed by atoms with Crippen molar-refractivity contribution in [2.24, 2.45) is 5.73 Å². The third-order valence-corrected chi connectivity index (χ3v) is 3.17. The number of methoxy groups -OCH3 is 1. The number of hydrogen-bond acceptors (Lipinski definition) is 3. The van der Waals surface area contributed by atoms with Crippen LogP contribution in [0, 0.1) is 0 Å². The molecule has 0 aliphatic carbocycles. The number of nitrogens with zero attached hydrogens (tertiary/aromatic N) is 2. The Morgan fingerprint density at radius 2 is 2.24 bits per heavy atom. The molecule has 1 heterocycles. The molecule has 0 fully saturated rings. The van der Waals surface area contributed by atoms with Gasteiger partial charge in [-0.05, 0) is 41.1 Å². The lowest BCUT2D eigenvalue weighted by molar-refractivity contribution is 0.412. The number of benzene rings is 1. The van der Waals surface area contributed by atoms with E-state index in [-0.39, 0.29) is 6.04 Å². The van der Waals surface area contributed by atoms with Gasteiger partial charge in [0.25, 0.3) is 0 Å². The molecule has 2 rings (SSSR count). The first kappa shape index (κ1) is 12.1. The summed E-state index contributed by atoms with van der Waals surface area (Å²) in [5, 5.41) is 0. The molecule has 0 amide bonds. The van der Waals surface area contributed by atoms with Gasteiger partial charge in [0.05, 0.1) is 29.8 Å². The molecule has 0 aliphatic rings. The molecule has 2 N–H and O–H groups in total. The van der Waals surface area contributed by atoms with Crippen LogP contribution in [0.4, 0.5) is 0 Å². The van der Waals surface area contributed by atoms with E-state index < -0.39 is 0 Å². The van der Waals surface area contributed by atoms with Gasteiger partial charge in [-0.25, -0.2) is 4.98 Å². The molecule has 0 unspecified atom stereocenters. The van der Waals surface area contributed by atoms with Crippen LogP contribution in [0.2, 0.25) is 0 Å². The minimum atomic E-state index is -0.0571. The summed E-state index contributed by atoms with van der Waals surface area (Å²) in [6.45, 7) is 1.94. The molecule has 1 aromatic carbocycles. The van der Waals surface area contributed by atoms with Crippen LogP contribution in [-0.2, 0) is 0 Å². The number of nitrogens with two attached hydrogens (primary N) is 1. The van der Waals surface area contributed by atoms with Crippen LogP contribution >= 0.6 is 15.9 Å². The van der Waals surface area contributed by atoms with Crippen LogP contribution in [0.1, 0.15) is 18.7 Å². The molecule has 0 aliphatic heterocycles. The molecular weight excluding hydrogens is 282 g/mol. The molecule has 0 saturated carbocycles.